The van der Waals surface area contributed by atoms with E-state index in [4.69, 9.17) is 23.7 Å². The van der Waals surface area contributed by atoms with Crippen LogP contribution in [0.3, 0.4) is 0 Å². The van der Waals surface area contributed by atoms with Gasteiger partial charge in [0.15, 0.2) is 23.4 Å². The lowest BCUT2D eigenvalue weighted by Gasteiger charge is -2.43. The number of Topliss-reactive ketones (excluding diaryl/α,β-unsaturated/α-hetero) is 1. The summed E-state index contributed by atoms with van der Waals surface area (Å²) in [6.45, 7) is 0.352. The lowest BCUT2D eigenvalue weighted by atomic mass is 9.83. The molecule has 234 valence electrons. The van der Waals surface area contributed by atoms with Crippen LogP contribution in [0.4, 0.5) is 0 Å². The highest BCUT2D eigenvalue weighted by Crippen LogP contribution is 2.52. The monoisotopic (exact) mass is 612 g/mol. The van der Waals surface area contributed by atoms with Crippen LogP contribution in [0.15, 0.2) is 42.5 Å². The largest absolute Gasteiger partial charge is 0.508 e. The maximum absolute atomic E-state index is 13.8. The molecule has 0 unspecified atom stereocenters. The Morgan fingerprint density at radius 3 is 2.27 bits per heavy atom. The van der Waals surface area contributed by atoms with Crippen LogP contribution in [0.5, 0.6) is 34.5 Å². The van der Waals surface area contributed by atoms with E-state index in [0.717, 1.165) is 0 Å². The molecule has 2 heterocycles. The molecule has 0 aliphatic carbocycles. The molecule has 13 nitrogen and oxygen atoms in total. The Hall–Kier alpha value is -4.56. The predicted octanol–water partition coefficient (Wildman–Crippen LogP) is 1.87. The molecule has 0 aromatic heterocycles. The van der Waals surface area contributed by atoms with E-state index >= 15 is 0 Å². The number of fused-ring (bicyclic) bond motifs is 1. The first-order chi connectivity index (χ1) is 21.0. The van der Waals surface area contributed by atoms with Crippen LogP contribution in [0.1, 0.15) is 49.4 Å². The fourth-order valence-corrected chi connectivity index (χ4v) is 5.47. The van der Waals surface area contributed by atoms with Crippen molar-refractivity contribution in [1.82, 2.24) is 0 Å². The van der Waals surface area contributed by atoms with E-state index in [9.17, 15) is 40.2 Å². The zero-order valence-electron chi connectivity index (χ0n) is 24.0. The molecule has 0 radical (unpaired) electrons. The van der Waals surface area contributed by atoms with Gasteiger partial charge in [0.2, 0.25) is 0 Å². The summed E-state index contributed by atoms with van der Waals surface area (Å²) < 4.78 is 27.9. The van der Waals surface area contributed by atoms with Gasteiger partial charge in [0, 0.05) is 5.56 Å². The molecule has 13 heteroatoms. The molecule has 44 heavy (non-hydrogen) atoms. The maximum Gasteiger partial charge on any atom is 0.338 e. The summed E-state index contributed by atoms with van der Waals surface area (Å²) in [4.78, 5) is 27.1. The molecular weight excluding hydrogens is 580 g/mol. The number of rotatable bonds is 7. The van der Waals surface area contributed by atoms with E-state index < -0.39 is 66.3 Å². The maximum atomic E-state index is 13.8. The van der Waals surface area contributed by atoms with Gasteiger partial charge in [-0.15, -0.1) is 0 Å². The Morgan fingerprint density at radius 2 is 1.64 bits per heavy atom. The Morgan fingerprint density at radius 1 is 0.955 bits per heavy atom. The SMILES string of the molecule is COc1ccc(C(=O)O[C@@H]2[C@@H](O)[C@H](O)[C@@H](CO)O[C@H]2c2c(O)c(C)c(O)c3c2OC[C@@H](c2ccc(O)cc2)C3=O)cc1OC. The normalized spacial score (nSPS) is 24.6. The van der Waals surface area contributed by atoms with E-state index in [1.54, 1.807) is 0 Å². The van der Waals surface area contributed by atoms with Crippen LogP contribution in [0.25, 0.3) is 0 Å². The van der Waals surface area contributed by atoms with Gasteiger partial charge >= 0.3 is 5.97 Å². The average Bonchev–Trinajstić information content (AvgIpc) is 3.03. The number of hydrogen-bond acceptors (Lipinski definition) is 13. The van der Waals surface area contributed by atoms with Crippen molar-refractivity contribution in [1.29, 1.82) is 0 Å². The van der Waals surface area contributed by atoms with Gasteiger partial charge in [-0.25, -0.2) is 4.79 Å². The van der Waals surface area contributed by atoms with Crippen molar-refractivity contribution in [2.75, 3.05) is 27.4 Å². The molecule has 0 bridgehead atoms. The molecule has 6 atom stereocenters. The highest BCUT2D eigenvalue weighted by molar-refractivity contribution is 6.07. The third-order valence-corrected chi connectivity index (χ3v) is 7.94. The molecule has 2 aliphatic rings. The van der Waals surface area contributed by atoms with Gasteiger partial charge in [0.1, 0.15) is 59.6 Å². The first-order valence-corrected chi connectivity index (χ1v) is 13.6. The summed E-state index contributed by atoms with van der Waals surface area (Å²) in [6.07, 6.45) is -8.21. The van der Waals surface area contributed by atoms with Crippen LogP contribution < -0.4 is 14.2 Å². The first-order valence-electron chi connectivity index (χ1n) is 13.6. The number of ether oxygens (including phenoxy) is 5. The molecule has 5 rings (SSSR count). The van der Waals surface area contributed by atoms with Gasteiger partial charge in [-0.1, -0.05) is 12.1 Å². The van der Waals surface area contributed by atoms with E-state index in [1.807, 2.05) is 0 Å². The number of benzene rings is 3. The molecule has 3 aromatic carbocycles. The molecule has 0 amide bonds. The van der Waals surface area contributed by atoms with Gasteiger partial charge in [-0.3, -0.25) is 4.79 Å². The number of phenolic OH excluding ortho intramolecular Hbond substituents is 3. The third kappa shape index (κ3) is 5.24. The summed E-state index contributed by atoms with van der Waals surface area (Å²) in [7, 11) is 2.79. The molecule has 6 N–H and O–H groups in total. The number of hydrogen-bond donors (Lipinski definition) is 6. The predicted molar refractivity (Wildman–Crippen MR) is 151 cm³/mol. The topological polar surface area (TPSA) is 202 Å². The van der Waals surface area contributed by atoms with Crippen molar-refractivity contribution in [2.24, 2.45) is 0 Å². The minimum absolute atomic E-state index is 0.00784. The van der Waals surface area contributed by atoms with Gasteiger partial charge in [-0.2, -0.15) is 0 Å². The lowest BCUT2D eigenvalue weighted by Crippen LogP contribution is -2.56. The molecular formula is C31H32O13. The quantitative estimate of drug-likeness (QED) is 0.211. The van der Waals surface area contributed by atoms with Crippen LogP contribution in [-0.2, 0) is 9.47 Å². The summed E-state index contributed by atoms with van der Waals surface area (Å²) in [5, 5.41) is 63.6. The van der Waals surface area contributed by atoms with Crippen LogP contribution in [0, 0.1) is 6.92 Å². The van der Waals surface area contributed by atoms with Gasteiger partial charge in [0.25, 0.3) is 0 Å². The fourth-order valence-electron chi connectivity index (χ4n) is 5.47. The second-order valence-corrected chi connectivity index (χ2v) is 10.5. The standard InChI is InChI=1S/C31H32O13/c1-13-23(34)21-25(36)17(14-4-7-16(33)8-5-14)12-42-28(21)22(24(13)35)29-30(27(38)26(37)20(11-32)43-29)44-31(39)15-6-9-18(40-2)19(10-15)41-3/h4-10,17,20,26-27,29-30,32-35,37-38H,11-12H2,1-3H3/t17-,20+,26+,27-,29-,30+/m0/s1. The van der Waals surface area contributed by atoms with Crippen LogP contribution >= 0.6 is 0 Å². The second kappa shape index (κ2) is 12.2. The fraction of sp³-hybridized carbons (Fsp3) is 0.355. The number of aliphatic hydroxyl groups excluding tert-OH is 3. The molecule has 1 fully saturated rings. The summed E-state index contributed by atoms with van der Waals surface area (Å²) in [5.74, 6) is -3.26. The minimum Gasteiger partial charge on any atom is -0.508 e. The van der Waals surface area contributed by atoms with E-state index in [1.165, 1.54) is 63.6 Å². The van der Waals surface area contributed by atoms with E-state index in [2.05, 4.69) is 0 Å². The van der Waals surface area contributed by atoms with Crippen molar-refractivity contribution < 1.29 is 63.9 Å². The van der Waals surface area contributed by atoms with E-state index in [-0.39, 0.29) is 46.1 Å². The Balaban J connectivity index is 1.59. The Kier molecular flexibility index (Phi) is 8.57. The van der Waals surface area contributed by atoms with Crippen molar-refractivity contribution in [2.45, 2.75) is 43.4 Å². The average molecular weight is 613 g/mol. The molecule has 0 saturated carbocycles. The number of esters is 1. The van der Waals surface area contributed by atoms with Crippen molar-refractivity contribution in [3.05, 3.63) is 70.3 Å². The van der Waals surface area contributed by atoms with Crippen LogP contribution in [-0.4, -0.2) is 94.2 Å². The number of ketones is 1. The van der Waals surface area contributed by atoms with E-state index in [0.29, 0.717) is 11.3 Å². The summed E-state index contributed by atoms with van der Waals surface area (Å²) in [5.41, 5.74) is -0.156. The van der Waals surface area contributed by atoms with Crippen molar-refractivity contribution in [3.8, 4) is 34.5 Å². The smallest absolute Gasteiger partial charge is 0.338 e. The number of aliphatic hydroxyl groups is 3. The van der Waals surface area contributed by atoms with Gasteiger partial charge in [-0.05, 0) is 42.8 Å². The van der Waals surface area contributed by atoms with Crippen LogP contribution in [0.2, 0.25) is 0 Å². The Bertz CT molecular complexity index is 1570. The summed E-state index contributed by atoms with van der Waals surface area (Å²) in [6, 6.07) is 10.1. The Labute approximate surface area is 251 Å². The molecule has 2 aliphatic heterocycles. The number of aromatic hydroxyl groups is 3. The number of phenols is 3. The zero-order valence-corrected chi connectivity index (χ0v) is 24.0. The number of carbonyl (C=O) groups excluding carboxylic acids is 2. The number of carbonyl (C=O) groups is 2. The number of methoxy groups -OCH3 is 2. The molecule has 1 saturated heterocycles. The van der Waals surface area contributed by atoms with Crippen molar-refractivity contribution in [3.63, 3.8) is 0 Å². The second-order valence-electron chi connectivity index (χ2n) is 10.5. The highest BCUT2D eigenvalue weighted by atomic mass is 16.6. The first kappa shape index (κ1) is 30.9. The zero-order chi connectivity index (χ0) is 31.9. The lowest BCUT2D eigenvalue weighted by molar-refractivity contribution is -0.232. The molecule has 3 aromatic rings. The third-order valence-electron chi connectivity index (χ3n) is 7.94. The van der Waals surface area contributed by atoms with Crippen molar-refractivity contribution >= 4 is 11.8 Å². The highest BCUT2D eigenvalue weighted by Gasteiger charge is 2.50. The molecule has 0 spiro atoms. The van der Waals surface area contributed by atoms with Gasteiger partial charge in [0.05, 0.1) is 37.9 Å². The minimum atomic E-state index is -1.83. The van der Waals surface area contributed by atoms with Gasteiger partial charge < -0.3 is 54.3 Å². The summed E-state index contributed by atoms with van der Waals surface area (Å²) >= 11 is 0.